The Labute approximate surface area is 331 Å². The topological polar surface area (TPSA) is 63.6 Å². The van der Waals surface area contributed by atoms with Gasteiger partial charge in [0.25, 0.3) is 0 Å². The van der Waals surface area contributed by atoms with Gasteiger partial charge in [-0.1, -0.05) is 212 Å². The number of hydrogen-bond donors (Lipinski definition) is 1. The number of allylic oxidation sites excluding steroid dienone is 4. The standard InChI is InChI=1S/C49H92O4/c1-3-5-7-9-11-13-15-17-19-20-21-22-23-24-25-27-29-31-33-38-42-46-49(52)53-47(44-40-36-34-37-41-45-48(50)51)43-39-35-32-30-28-26-18-16-14-12-10-8-6-4-2/h15,17,20-21,47H,3-14,16,18-19,22-46H2,1-2H3,(H,50,51)/b17-15-,21-20-. The number of carbonyl (C=O) groups excluding carboxylic acids is 1. The Morgan fingerprint density at radius 2 is 0.736 bits per heavy atom. The highest BCUT2D eigenvalue weighted by molar-refractivity contribution is 5.69. The van der Waals surface area contributed by atoms with Crippen molar-refractivity contribution >= 4 is 11.9 Å². The van der Waals surface area contributed by atoms with E-state index in [4.69, 9.17) is 9.84 Å². The number of ether oxygens (including phenoxy) is 1. The lowest BCUT2D eigenvalue weighted by molar-refractivity contribution is -0.150. The van der Waals surface area contributed by atoms with Crippen molar-refractivity contribution in [3.63, 3.8) is 0 Å². The highest BCUT2D eigenvalue weighted by Crippen LogP contribution is 2.19. The van der Waals surface area contributed by atoms with E-state index in [0.717, 1.165) is 70.6 Å². The number of esters is 1. The number of carbonyl (C=O) groups is 2. The molecule has 0 fully saturated rings. The number of carboxylic acids is 1. The van der Waals surface area contributed by atoms with Crippen LogP contribution in [0, 0.1) is 0 Å². The molecule has 0 aliphatic rings. The summed E-state index contributed by atoms with van der Waals surface area (Å²) in [7, 11) is 0. The van der Waals surface area contributed by atoms with Crippen LogP contribution in [0.3, 0.4) is 0 Å². The van der Waals surface area contributed by atoms with Crippen LogP contribution in [0.25, 0.3) is 0 Å². The largest absolute Gasteiger partial charge is 0.481 e. The average molecular weight is 745 g/mol. The first-order valence-corrected chi connectivity index (χ1v) is 23.8. The minimum Gasteiger partial charge on any atom is -0.481 e. The van der Waals surface area contributed by atoms with E-state index in [0.29, 0.717) is 6.42 Å². The van der Waals surface area contributed by atoms with Gasteiger partial charge in [-0.3, -0.25) is 9.59 Å². The molecule has 1 unspecified atom stereocenters. The van der Waals surface area contributed by atoms with Gasteiger partial charge in [-0.15, -0.1) is 0 Å². The second kappa shape index (κ2) is 44.8. The summed E-state index contributed by atoms with van der Waals surface area (Å²) in [5.41, 5.74) is 0. The molecule has 0 aromatic heterocycles. The van der Waals surface area contributed by atoms with E-state index in [1.165, 1.54) is 173 Å². The smallest absolute Gasteiger partial charge is 0.306 e. The van der Waals surface area contributed by atoms with Crippen molar-refractivity contribution in [2.75, 3.05) is 0 Å². The first kappa shape index (κ1) is 51.4. The van der Waals surface area contributed by atoms with Crippen molar-refractivity contribution in [2.24, 2.45) is 0 Å². The van der Waals surface area contributed by atoms with Crippen LogP contribution in [-0.2, 0) is 14.3 Å². The Hall–Kier alpha value is -1.58. The Morgan fingerprint density at radius 3 is 1.11 bits per heavy atom. The fourth-order valence-corrected chi connectivity index (χ4v) is 7.39. The van der Waals surface area contributed by atoms with Crippen molar-refractivity contribution < 1.29 is 19.4 Å². The zero-order chi connectivity index (χ0) is 38.6. The highest BCUT2D eigenvalue weighted by Gasteiger charge is 2.14. The highest BCUT2D eigenvalue weighted by atomic mass is 16.5. The fraction of sp³-hybridized carbons (Fsp3) is 0.878. The molecular weight excluding hydrogens is 653 g/mol. The van der Waals surface area contributed by atoms with Gasteiger partial charge in [-0.2, -0.15) is 0 Å². The first-order valence-electron chi connectivity index (χ1n) is 23.8. The summed E-state index contributed by atoms with van der Waals surface area (Å²) in [6.45, 7) is 4.56. The number of rotatable bonds is 44. The van der Waals surface area contributed by atoms with E-state index in [1.54, 1.807) is 0 Å². The van der Waals surface area contributed by atoms with Crippen LogP contribution in [-0.4, -0.2) is 23.1 Å². The number of carboxylic acid groups (broad SMARTS) is 1. The van der Waals surface area contributed by atoms with Crippen LogP contribution >= 0.6 is 0 Å². The normalized spacial score (nSPS) is 12.3. The summed E-state index contributed by atoms with van der Waals surface area (Å²) in [6, 6.07) is 0. The van der Waals surface area contributed by atoms with Gasteiger partial charge in [0.05, 0.1) is 0 Å². The lowest BCUT2D eigenvalue weighted by atomic mass is 10.0. The summed E-state index contributed by atoms with van der Waals surface area (Å²) in [6.07, 6.45) is 57.9. The van der Waals surface area contributed by atoms with E-state index >= 15 is 0 Å². The van der Waals surface area contributed by atoms with Gasteiger partial charge < -0.3 is 9.84 Å². The lowest BCUT2D eigenvalue weighted by Gasteiger charge is -2.18. The predicted molar refractivity (Wildman–Crippen MR) is 232 cm³/mol. The minimum atomic E-state index is -0.697. The van der Waals surface area contributed by atoms with Crippen molar-refractivity contribution in [2.45, 2.75) is 277 Å². The second-order valence-electron chi connectivity index (χ2n) is 16.3. The van der Waals surface area contributed by atoms with Gasteiger partial charge in [0.2, 0.25) is 0 Å². The Balaban J connectivity index is 3.94. The fourth-order valence-electron chi connectivity index (χ4n) is 7.39. The van der Waals surface area contributed by atoms with E-state index in [1.807, 2.05) is 0 Å². The summed E-state index contributed by atoms with van der Waals surface area (Å²) in [5.74, 6) is -0.693. The molecule has 0 heterocycles. The molecule has 312 valence electrons. The molecule has 0 amide bonds. The van der Waals surface area contributed by atoms with E-state index < -0.39 is 5.97 Å². The molecule has 0 radical (unpaired) electrons. The predicted octanol–water partition coefficient (Wildman–Crippen LogP) is 16.7. The number of unbranched alkanes of at least 4 members (excludes halogenated alkanes) is 31. The molecule has 0 rings (SSSR count). The van der Waals surface area contributed by atoms with Crippen LogP contribution in [0.15, 0.2) is 24.3 Å². The first-order chi connectivity index (χ1) is 26.1. The molecule has 1 atom stereocenters. The third-order valence-electron chi connectivity index (χ3n) is 10.9. The summed E-state index contributed by atoms with van der Waals surface area (Å²) >= 11 is 0. The molecule has 1 N–H and O–H groups in total. The number of aliphatic carboxylic acids is 1. The van der Waals surface area contributed by atoms with Crippen LogP contribution in [0.4, 0.5) is 0 Å². The van der Waals surface area contributed by atoms with E-state index in [9.17, 15) is 9.59 Å². The second-order valence-corrected chi connectivity index (χ2v) is 16.3. The maximum absolute atomic E-state index is 12.8. The molecular formula is C49H92O4. The molecule has 0 aromatic rings. The van der Waals surface area contributed by atoms with Crippen LogP contribution < -0.4 is 0 Å². The van der Waals surface area contributed by atoms with E-state index in [2.05, 4.69) is 38.2 Å². The van der Waals surface area contributed by atoms with Gasteiger partial charge in [-0.25, -0.2) is 0 Å². The van der Waals surface area contributed by atoms with Crippen molar-refractivity contribution in [3.05, 3.63) is 24.3 Å². The van der Waals surface area contributed by atoms with Gasteiger partial charge in [0.1, 0.15) is 6.10 Å². The molecule has 4 nitrogen and oxygen atoms in total. The van der Waals surface area contributed by atoms with Gasteiger partial charge in [0.15, 0.2) is 0 Å². The van der Waals surface area contributed by atoms with Crippen LogP contribution in [0.2, 0.25) is 0 Å². The van der Waals surface area contributed by atoms with Gasteiger partial charge in [0, 0.05) is 12.8 Å². The molecule has 0 saturated carbocycles. The quantitative estimate of drug-likeness (QED) is 0.0383. The average Bonchev–Trinajstić information content (AvgIpc) is 3.14. The SMILES string of the molecule is CCCCCCC/C=C\C/C=C\CCCCCCCCCCCC(=O)OC(CCCCCCCCCCCCCCCC)CCCCCCCC(=O)O. The third-order valence-corrected chi connectivity index (χ3v) is 10.9. The van der Waals surface area contributed by atoms with Crippen molar-refractivity contribution in [1.82, 2.24) is 0 Å². The molecule has 4 heteroatoms. The zero-order valence-corrected chi connectivity index (χ0v) is 35.8. The Morgan fingerprint density at radius 1 is 0.415 bits per heavy atom. The monoisotopic (exact) mass is 745 g/mol. The molecule has 0 aromatic carbocycles. The molecule has 0 aliphatic heterocycles. The molecule has 0 aliphatic carbocycles. The van der Waals surface area contributed by atoms with Gasteiger partial charge >= 0.3 is 11.9 Å². The Bertz CT molecular complexity index is 802. The van der Waals surface area contributed by atoms with Gasteiger partial charge in [-0.05, 0) is 70.6 Å². The summed E-state index contributed by atoms with van der Waals surface area (Å²) < 4.78 is 6.04. The van der Waals surface area contributed by atoms with Crippen molar-refractivity contribution in [1.29, 1.82) is 0 Å². The molecule has 0 saturated heterocycles. The molecule has 53 heavy (non-hydrogen) atoms. The molecule has 0 spiro atoms. The lowest BCUT2D eigenvalue weighted by Crippen LogP contribution is -2.18. The summed E-state index contributed by atoms with van der Waals surface area (Å²) in [4.78, 5) is 23.5. The van der Waals surface area contributed by atoms with E-state index in [-0.39, 0.29) is 18.5 Å². The zero-order valence-electron chi connectivity index (χ0n) is 35.8. The maximum Gasteiger partial charge on any atom is 0.306 e. The summed E-state index contributed by atoms with van der Waals surface area (Å²) in [5, 5.41) is 8.86. The van der Waals surface area contributed by atoms with Crippen LogP contribution in [0.1, 0.15) is 271 Å². The van der Waals surface area contributed by atoms with Crippen LogP contribution in [0.5, 0.6) is 0 Å². The maximum atomic E-state index is 12.8. The van der Waals surface area contributed by atoms with Crippen molar-refractivity contribution in [3.8, 4) is 0 Å². The number of hydrogen-bond acceptors (Lipinski definition) is 3. The minimum absolute atomic E-state index is 0.00435. The Kier molecular flexibility index (Phi) is 43.5. The third kappa shape index (κ3) is 44.7. The molecule has 0 bridgehead atoms.